The van der Waals surface area contributed by atoms with E-state index in [4.69, 9.17) is 0 Å². The Morgan fingerprint density at radius 3 is 2.90 bits per heavy atom. The molecule has 0 spiro atoms. The molecule has 6 nitrogen and oxygen atoms in total. The normalized spacial score (nSPS) is 21.4. The van der Waals surface area contributed by atoms with Crippen LogP contribution >= 0.6 is 0 Å². The van der Waals surface area contributed by atoms with Crippen LogP contribution in [-0.2, 0) is 4.79 Å². The Labute approximate surface area is 122 Å². The second-order valence-corrected chi connectivity index (χ2v) is 4.99. The Kier molecular flexibility index (Phi) is 3.55. The fourth-order valence-corrected chi connectivity index (χ4v) is 2.25. The molecule has 2 heterocycles. The number of aliphatic hydroxyl groups is 1. The molecule has 0 bridgehead atoms. The molecule has 2 aliphatic rings. The number of amides is 1. The van der Waals surface area contributed by atoms with Gasteiger partial charge < -0.3 is 15.3 Å². The monoisotopic (exact) mass is 285 g/mol. The SMILES string of the molecule is CC(O)N1C=CC2=NC(C(=O)Nc3ccccc3)=C[NH+]2C1. The molecule has 2 atom stereocenters. The molecule has 0 saturated heterocycles. The number of nitrogens with zero attached hydrogens (tertiary/aromatic N) is 2. The van der Waals surface area contributed by atoms with E-state index < -0.39 is 6.23 Å². The van der Waals surface area contributed by atoms with E-state index in [9.17, 15) is 9.90 Å². The van der Waals surface area contributed by atoms with Crippen LogP contribution in [0.25, 0.3) is 0 Å². The van der Waals surface area contributed by atoms with Gasteiger partial charge in [-0.15, -0.1) is 0 Å². The van der Waals surface area contributed by atoms with Crippen molar-refractivity contribution in [2.24, 2.45) is 4.99 Å². The number of carbonyl (C=O) groups is 1. The number of benzene rings is 1. The van der Waals surface area contributed by atoms with Crippen LogP contribution in [0.3, 0.4) is 0 Å². The maximum absolute atomic E-state index is 12.2. The van der Waals surface area contributed by atoms with Crippen molar-refractivity contribution in [2.75, 3.05) is 12.0 Å². The molecule has 0 radical (unpaired) electrons. The van der Waals surface area contributed by atoms with Gasteiger partial charge in [0.05, 0.1) is 0 Å². The number of carbonyl (C=O) groups excluding carboxylic acids is 1. The summed E-state index contributed by atoms with van der Waals surface area (Å²) in [5.41, 5.74) is 1.13. The number of para-hydroxylation sites is 1. The predicted octanol–water partition coefficient (Wildman–Crippen LogP) is -0.111. The van der Waals surface area contributed by atoms with Crippen molar-refractivity contribution in [1.29, 1.82) is 0 Å². The number of nitrogens with one attached hydrogen (secondary N) is 2. The summed E-state index contributed by atoms with van der Waals surface area (Å²) in [5.74, 6) is 0.553. The van der Waals surface area contributed by atoms with E-state index in [1.807, 2.05) is 36.4 Å². The molecule has 2 aliphatic heterocycles. The van der Waals surface area contributed by atoms with Gasteiger partial charge in [0.1, 0.15) is 12.4 Å². The molecule has 108 valence electrons. The molecular weight excluding hydrogens is 268 g/mol. The standard InChI is InChI=1S/C15H16N4O2/c1-11(20)18-8-7-14-17-13(9-19(14)10-18)15(21)16-12-5-3-2-4-6-12/h2-9,11,20H,10H2,1H3,(H,16,21)/p+1. The second-order valence-electron chi connectivity index (χ2n) is 4.99. The topological polar surface area (TPSA) is 69.4 Å². The van der Waals surface area contributed by atoms with Gasteiger partial charge in [-0.1, -0.05) is 18.2 Å². The number of rotatable bonds is 3. The van der Waals surface area contributed by atoms with Gasteiger partial charge in [-0.05, 0) is 19.1 Å². The molecule has 0 aromatic heterocycles. The summed E-state index contributed by atoms with van der Waals surface area (Å²) in [6.07, 6.45) is 4.81. The molecule has 2 unspecified atom stereocenters. The van der Waals surface area contributed by atoms with E-state index in [2.05, 4.69) is 10.3 Å². The van der Waals surface area contributed by atoms with Gasteiger partial charge >= 0.3 is 0 Å². The zero-order valence-electron chi connectivity index (χ0n) is 11.7. The number of aliphatic hydroxyl groups excluding tert-OH is 1. The lowest BCUT2D eigenvalue weighted by molar-refractivity contribution is -0.759. The van der Waals surface area contributed by atoms with Crippen LogP contribution in [0.1, 0.15) is 6.92 Å². The van der Waals surface area contributed by atoms with E-state index in [0.29, 0.717) is 12.4 Å². The molecule has 0 aliphatic carbocycles. The van der Waals surface area contributed by atoms with Crippen molar-refractivity contribution in [2.45, 2.75) is 13.2 Å². The van der Waals surface area contributed by atoms with Gasteiger partial charge in [0.2, 0.25) is 5.84 Å². The summed E-state index contributed by atoms with van der Waals surface area (Å²) in [5, 5.41) is 12.4. The van der Waals surface area contributed by atoms with Gasteiger partial charge in [0.25, 0.3) is 5.91 Å². The highest BCUT2D eigenvalue weighted by atomic mass is 16.3. The number of anilines is 1. The molecule has 1 amide bonds. The van der Waals surface area contributed by atoms with Crippen LogP contribution < -0.4 is 10.2 Å². The third-order valence-corrected chi connectivity index (χ3v) is 3.40. The summed E-state index contributed by atoms with van der Waals surface area (Å²) in [4.78, 5) is 19.2. The second kappa shape index (κ2) is 5.51. The highest BCUT2D eigenvalue weighted by Gasteiger charge is 2.30. The predicted molar refractivity (Wildman–Crippen MR) is 79.1 cm³/mol. The number of amidine groups is 1. The number of aliphatic imine (C=N–C) groups is 1. The van der Waals surface area contributed by atoms with Crippen molar-refractivity contribution < 1.29 is 14.8 Å². The highest BCUT2D eigenvalue weighted by molar-refractivity contribution is 6.06. The Morgan fingerprint density at radius 1 is 1.43 bits per heavy atom. The molecule has 0 saturated carbocycles. The van der Waals surface area contributed by atoms with Crippen LogP contribution in [-0.4, -0.2) is 34.6 Å². The number of fused-ring (bicyclic) bond motifs is 1. The van der Waals surface area contributed by atoms with Gasteiger partial charge in [-0.2, -0.15) is 4.99 Å². The van der Waals surface area contributed by atoms with Crippen molar-refractivity contribution in [3.63, 3.8) is 0 Å². The van der Waals surface area contributed by atoms with Crippen molar-refractivity contribution in [3.8, 4) is 0 Å². The van der Waals surface area contributed by atoms with Crippen molar-refractivity contribution >= 4 is 17.4 Å². The van der Waals surface area contributed by atoms with E-state index in [0.717, 1.165) is 16.4 Å². The Hall–Kier alpha value is -2.44. The molecule has 1 aromatic carbocycles. The first-order chi connectivity index (χ1) is 10.1. The molecule has 1 aromatic rings. The molecule has 0 fully saturated rings. The molecular formula is C15H17N4O2+. The van der Waals surface area contributed by atoms with Crippen LogP contribution in [0.15, 0.2) is 59.5 Å². The van der Waals surface area contributed by atoms with Crippen LogP contribution in [0.5, 0.6) is 0 Å². The maximum Gasteiger partial charge on any atom is 0.280 e. The van der Waals surface area contributed by atoms with Crippen molar-refractivity contribution in [1.82, 2.24) is 4.90 Å². The average Bonchev–Trinajstić information content (AvgIpc) is 2.91. The third-order valence-electron chi connectivity index (χ3n) is 3.40. The van der Waals surface area contributed by atoms with Gasteiger partial charge in [-0.3, -0.25) is 4.79 Å². The quantitative estimate of drug-likeness (QED) is 0.726. The fraction of sp³-hybridized carbons (Fsp3) is 0.200. The summed E-state index contributed by atoms with van der Waals surface area (Å²) in [7, 11) is 0. The Balaban J connectivity index is 1.72. The maximum atomic E-state index is 12.2. The summed E-state index contributed by atoms with van der Waals surface area (Å²) >= 11 is 0. The lowest BCUT2D eigenvalue weighted by atomic mass is 10.3. The van der Waals surface area contributed by atoms with Crippen molar-refractivity contribution in [3.05, 3.63) is 54.5 Å². The number of hydrogen-bond acceptors (Lipinski definition) is 4. The van der Waals surface area contributed by atoms with Gasteiger partial charge in [0, 0.05) is 18.0 Å². The summed E-state index contributed by atoms with van der Waals surface area (Å²) in [6.45, 7) is 2.25. The van der Waals surface area contributed by atoms with E-state index in [1.54, 1.807) is 24.2 Å². The lowest BCUT2D eigenvalue weighted by Crippen LogP contribution is -3.11. The van der Waals surface area contributed by atoms with Crippen LogP contribution in [0, 0.1) is 0 Å². The van der Waals surface area contributed by atoms with Gasteiger partial charge in [0.15, 0.2) is 12.4 Å². The average molecular weight is 285 g/mol. The molecule has 3 rings (SSSR count). The minimum absolute atomic E-state index is 0.229. The summed E-state index contributed by atoms with van der Waals surface area (Å²) in [6, 6.07) is 9.28. The minimum atomic E-state index is -0.564. The third kappa shape index (κ3) is 2.86. The van der Waals surface area contributed by atoms with Gasteiger partial charge in [-0.25, -0.2) is 4.90 Å². The van der Waals surface area contributed by atoms with Crippen LogP contribution in [0.4, 0.5) is 5.69 Å². The Bertz CT molecular complexity index is 634. The molecule has 6 heteroatoms. The largest absolute Gasteiger partial charge is 0.374 e. The molecule has 21 heavy (non-hydrogen) atoms. The number of hydrogen-bond donors (Lipinski definition) is 3. The smallest absolute Gasteiger partial charge is 0.280 e. The van der Waals surface area contributed by atoms with E-state index in [-0.39, 0.29) is 5.91 Å². The first-order valence-electron chi connectivity index (χ1n) is 6.78. The van der Waals surface area contributed by atoms with E-state index >= 15 is 0 Å². The zero-order valence-corrected chi connectivity index (χ0v) is 11.7. The zero-order chi connectivity index (χ0) is 14.8. The molecule has 3 N–H and O–H groups in total. The van der Waals surface area contributed by atoms with Crippen LogP contribution in [0.2, 0.25) is 0 Å². The van der Waals surface area contributed by atoms with E-state index in [1.165, 1.54) is 0 Å². The lowest BCUT2D eigenvalue weighted by Gasteiger charge is -2.28. The number of quaternary nitrogens is 1. The highest BCUT2D eigenvalue weighted by Crippen LogP contribution is 2.10. The minimum Gasteiger partial charge on any atom is -0.374 e. The first kappa shape index (κ1) is 13.5. The Morgan fingerprint density at radius 2 is 2.19 bits per heavy atom. The fourth-order valence-electron chi connectivity index (χ4n) is 2.25. The first-order valence-corrected chi connectivity index (χ1v) is 6.78. The summed E-state index contributed by atoms with van der Waals surface area (Å²) < 4.78 is 0.